The lowest BCUT2D eigenvalue weighted by Crippen LogP contribution is -2.13. The highest BCUT2D eigenvalue weighted by molar-refractivity contribution is 7.99. The molecule has 21 heavy (non-hydrogen) atoms. The Morgan fingerprint density at radius 2 is 2.05 bits per heavy atom. The Morgan fingerprint density at radius 3 is 2.71 bits per heavy atom. The van der Waals surface area contributed by atoms with Crippen molar-refractivity contribution in [3.05, 3.63) is 28.2 Å². The molecule has 0 fully saturated rings. The van der Waals surface area contributed by atoms with Crippen LogP contribution >= 0.6 is 35.0 Å². The third-order valence-electron chi connectivity index (χ3n) is 2.26. The zero-order valence-electron chi connectivity index (χ0n) is 11.1. The molecule has 6 nitrogen and oxygen atoms in total. The van der Waals surface area contributed by atoms with E-state index in [4.69, 9.17) is 33.8 Å². The Labute approximate surface area is 136 Å². The maximum atomic E-state index is 5.98. The van der Waals surface area contributed by atoms with Gasteiger partial charge in [-0.15, -0.1) is 0 Å². The van der Waals surface area contributed by atoms with Crippen molar-refractivity contribution < 1.29 is 4.74 Å². The van der Waals surface area contributed by atoms with Crippen molar-refractivity contribution in [3.63, 3.8) is 0 Å². The highest BCUT2D eigenvalue weighted by Crippen LogP contribution is 2.31. The summed E-state index contributed by atoms with van der Waals surface area (Å²) in [5.74, 6) is 5.58. The number of nitrogens with zero attached hydrogens (tertiary/aromatic N) is 3. The minimum absolute atomic E-state index is 0.224. The number of nitrogen functional groups attached to an aromatic ring is 1. The molecule has 0 atom stereocenters. The lowest BCUT2D eigenvalue weighted by atomic mass is 10.4. The third-order valence-corrected chi connectivity index (χ3v) is 3.85. The summed E-state index contributed by atoms with van der Waals surface area (Å²) in [4.78, 5) is 13.2. The van der Waals surface area contributed by atoms with Crippen molar-refractivity contribution in [2.24, 2.45) is 5.84 Å². The number of ether oxygens (including phenoxy) is 1. The number of halogens is 2. The van der Waals surface area contributed by atoms with Gasteiger partial charge in [-0.25, -0.2) is 5.84 Å². The first-order chi connectivity index (χ1) is 10.1. The van der Waals surface area contributed by atoms with Crippen LogP contribution < -0.4 is 16.0 Å². The van der Waals surface area contributed by atoms with Crippen LogP contribution in [0.3, 0.4) is 0 Å². The van der Waals surface area contributed by atoms with Gasteiger partial charge in [0.2, 0.25) is 11.1 Å². The summed E-state index contributed by atoms with van der Waals surface area (Å²) in [6, 6.07) is 5.50. The predicted molar refractivity (Wildman–Crippen MR) is 84.0 cm³/mol. The van der Waals surface area contributed by atoms with Gasteiger partial charge in [0.1, 0.15) is 0 Å². The van der Waals surface area contributed by atoms with Gasteiger partial charge in [-0.2, -0.15) is 15.0 Å². The molecule has 2 rings (SSSR count). The number of nitrogens with two attached hydrogens (primary N) is 1. The van der Waals surface area contributed by atoms with E-state index in [2.05, 4.69) is 20.4 Å². The van der Waals surface area contributed by atoms with Crippen LogP contribution in [0.1, 0.15) is 13.3 Å². The first-order valence-corrected chi connectivity index (χ1v) is 7.68. The quantitative estimate of drug-likeness (QED) is 0.612. The molecule has 0 unspecified atom stereocenters. The van der Waals surface area contributed by atoms with Crippen molar-refractivity contribution in [2.45, 2.75) is 23.4 Å². The van der Waals surface area contributed by atoms with E-state index in [-0.39, 0.29) is 12.0 Å². The molecular formula is C12H13Cl2N5OS. The topological polar surface area (TPSA) is 86.0 Å². The number of hydrazine groups is 1. The summed E-state index contributed by atoms with van der Waals surface area (Å²) in [6.45, 7) is 2.51. The molecule has 1 aromatic heterocycles. The van der Waals surface area contributed by atoms with E-state index in [9.17, 15) is 0 Å². The van der Waals surface area contributed by atoms with Crippen LogP contribution in [0, 0.1) is 0 Å². The molecule has 0 radical (unpaired) electrons. The number of hydrogen-bond donors (Lipinski definition) is 2. The maximum absolute atomic E-state index is 5.98. The smallest absolute Gasteiger partial charge is 0.322 e. The van der Waals surface area contributed by atoms with E-state index in [0.29, 0.717) is 21.8 Å². The van der Waals surface area contributed by atoms with Gasteiger partial charge >= 0.3 is 6.01 Å². The molecular weight excluding hydrogens is 333 g/mol. The highest BCUT2D eigenvalue weighted by Gasteiger charge is 2.09. The first kappa shape index (κ1) is 16.1. The van der Waals surface area contributed by atoms with Crippen LogP contribution in [0.2, 0.25) is 10.0 Å². The minimum atomic E-state index is 0.224. The SMILES string of the molecule is CCCOc1nc(NN)nc(Sc2ccc(Cl)c(Cl)c2)n1. The molecule has 0 saturated carbocycles. The van der Waals surface area contributed by atoms with Crippen LogP contribution in [-0.2, 0) is 0 Å². The summed E-state index contributed by atoms with van der Waals surface area (Å²) in [5.41, 5.74) is 2.39. The molecule has 0 saturated heterocycles. The van der Waals surface area contributed by atoms with Gasteiger partial charge in [0.25, 0.3) is 0 Å². The molecule has 0 aliphatic carbocycles. The number of aromatic nitrogens is 3. The zero-order valence-corrected chi connectivity index (χ0v) is 13.5. The van der Waals surface area contributed by atoms with Gasteiger partial charge in [-0.1, -0.05) is 30.1 Å². The molecule has 9 heteroatoms. The van der Waals surface area contributed by atoms with Crippen molar-refractivity contribution in [1.29, 1.82) is 0 Å². The maximum Gasteiger partial charge on any atom is 0.322 e. The van der Waals surface area contributed by atoms with E-state index < -0.39 is 0 Å². The lowest BCUT2D eigenvalue weighted by Gasteiger charge is -2.07. The molecule has 0 spiro atoms. The van der Waals surface area contributed by atoms with Crippen LogP contribution in [0.5, 0.6) is 6.01 Å². The number of benzene rings is 1. The largest absolute Gasteiger partial charge is 0.463 e. The molecule has 0 amide bonds. The van der Waals surface area contributed by atoms with Gasteiger partial charge in [0.05, 0.1) is 16.7 Å². The van der Waals surface area contributed by atoms with Crippen molar-refractivity contribution in [1.82, 2.24) is 15.0 Å². The fraction of sp³-hybridized carbons (Fsp3) is 0.250. The number of rotatable bonds is 6. The first-order valence-electron chi connectivity index (χ1n) is 6.10. The molecule has 3 N–H and O–H groups in total. The summed E-state index contributed by atoms with van der Waals surface area (Å²) < 4.78 is 5.40. The van der Waals surface area contributed by atoms with Gasteiger partial charge in [-0.05, 0) is 36.4 Å². The summed E-state index contributed by atoms with van der Waals surface area (Å²) in [7, 11) is 0. The Morgan fingerprint density at radius 1 is 1.24 bits per heavy atom. The van der Waals surface area contributed by atoms with Crippen molar-refractivity contribution in [3.8, 4) is 6.01 Å². The molecule has 0 bridgehead atoms. The molecule has 0 aliphatic rings. The lowest BCUT2D eigenvalue weighted by molar-refractivity contribution is 0.288. The second-order valence-electron chi connectivity index (χ2n) is 3.89. The van der Waals surface area contributed by atoms with E-state index >= 15 is 0 Å². The molecule has 1 aromatic carbocycles. The van der Waals surface area contributed by atoms with Crippen molar-refractivity contribution >= 4 is 40.9 Å². The highest BCUT2D eigenvalue weighted by atomic mass is 35.5. The van der Waals surface area contributed by atoms with Crippen LogP contribution in [0.15, 0.2) is 28.3 Å². The summed E-state index contributed by atoms with van der Waals surface area (Å²) in [6.07, 6.45) is 0.854. The van der Waals surface area contributed by atoms with Gasteiger partial charge in [0, 0.05) is 4.90 Å². The minimum Gasteiger partial charge on any atom is -0.463 e. The monoisotopic (exact) mass is 345 g/mol. The van der Waals surface area contributed by atoms with E-state index in [0.717, 1.165) is 11.3 Å². The summed E-state index contributed by atoms with van der Waals surface area (Å²) in [5, 5.41) is 1.41. The molecule has 0 aliphatic heterocycles. The standard InChI is InChI=1S/C12H13Cl2N5OS/c1-2-5-20-11-16-10(19-15)17-12(18-11)21-7-3-4-8(13)9(14)6-7/h3-4,6H,2,5,15H2,1H3,(H,16,17,18,19). The predicted octanol–water partition coefficient (Wildman–Crippen LogP) is 3.40. The number of hydrogen-bond acceptors (Lipinski definition) is 7. The Bertz CT molecular complexity index is 629. The van der Waals surface area contributed by atoms with E-state index in [1.54, 1.807) is 12.1 Å². The Kier molecular flexibility index (Phi) is 5.86. The van der Waals surface area contributed by atoms with E-state index in [1.807, 2.05) is 13.0 Å². The Balaban J connectivity index is 2.23. The molecule has 112 valence electrons. The number of anilines is 1. The van der Waals surface area contributed by atoms with Crippen LogP contribution in [0.4, 0.5) is 5.95 Å². The number of nitrogens with one attached hydrogen (secondary N) is 1. The second kappa shape index (κ2) is 7.65. The second-order valence-corrected chi connectivity index (χ2v) is 5.75. The van der Waals surface area contributed by atoms with E-state index in [1.165, 1.54) is 11.8 Å². The van der Waals surface area contributed by atoms with Crippen molar-refractivity contribution in [2.75, 3.05) is 12.0 Å². The third kappa shape index (κ3) is 4.60. The fourth-order valence-electron chi connectivity index (χ4n) is 1.35. The molecule has 2 aromatic rings. The average molecular weight is 346 g/mol. The van der Waals surface area contributed by atoms with Gasteiger partial charge in [0.15, 0.2) is 0 Å². The average Bonchev–Trinajstić information content (AvgIpc) is 2.48. The normalized spacial score (nSPS) is 10.5. The van der Waals surface area contributed by atoms with Gasteiger partial charge in [-0.3, -0.25) is 5.43 Å². The summed E-state index contributed by atoms with van der Waals surface area (Å²) >= 11 is 13.2. The Hall–Kier alpha value is -1.28. The van der Waals surface area contributed by atoms with Crippen LogP contribution in [0.25, 0.3) is 0 Å². The van der Waals surface area contributed by atoms with Gasteiger partial charge < -0.3 is 4.74 Å². The fourth-order valence-corrected chi connectivity index (χ4v) is 2.49. The molecule has 1 heterocycles. The zero-order chi connectivity index (χ0) is 15.2. The van der Waals surface area contributed by atoms with Crippen LogP contribution in [-0.4, -0.2) is 21.6 Å².